The van der Waals surface area contributed by atoms with Crippen LogP contribution >= 0.6 is 0 Å². The standard InChI is InChI=1S/C16H18N2O3/c1-11-3-6-13(7-4-11)21-10-17-16(20)18-14-9-12(2)5-8-15(14)19/h3-9,19H,10H2,1-2H3,(H2,17,18,20). The molecule has 0 aliphatic rings. The Balaban J connectivity index is 1.82. The number of amides is 2. The van der Waals surface area contributed by atoms with Crippen LogP contribution in [-0.2, 0) is 0 Å². The van der Waals surface area contributed by atoms with Gasteiger partial charge in [0.2, 0.25) is 0 Å². The van der Waals surface area contributed by atoms with Gasteiger partial charge in [-0.3, -0.25) is 0 Å². The first-order valence-electron chi connectivity index (χ1n) is 6.58. The van der Waals surface area contributed by atoms with E-state index >= 15 is 0 Å². The van der Waals surface area contributed by atoms with Crippen molar-refractivity contribution >= 4 is 11.7 Å². The van der Waals surface area contributed by atoms with Crippen molar-refractivity contribution in [2.75, 3.05) is 12.0 Å². The van der Waals surface area contributed by atoms with Gasteiger partial charge in [-0.25, -0.2) is 4.79 Å². The molecule has 5 nitrogen and oxygen atoms in total. The average molecular weight is 286 g/mol. The number of benzene rings is 2. The first kappa shape index (κ1) is 14.7. The minimum absolute atomic E-state index is 0.0233. The number of phenolic OH excluding ortho intramolecular Hbond substituents is 1. The SMILES string of the molecule is Cc1ccc(OCNC(=O)Nc2cc(C)ccc2O)cc1. The molecule has 0 atom stereocenters. The van der Waals surface area contributed by atoms with E-state index in [1.54, 1.807) is 12.1 Å². The third kappa shape index (κ3) is 4.42. The second-order valence-electron chi connectivity index (χ2n) is 4.75. The van der Waals surface area contributed by atoms with Crippen LogP contribution < -0.4 is 15.4 Å². The maximum Gasteiger partial charge on any atom is 0.321 e. The third-order valence-corrected chi connectivity index (χ3v) is 2.89. The number of ether oxygens (including phenoxy) is 1. The zero-order chi connectivity index (χ0) is 15.2. The Hall–Kier alpha value is -2.69. The number of aromatic hydroxyl groups is 1. The maximum absolute atomic E-state index is 11.7. The number of phenols is 1. The minimum atomic E-state index is -0.442. The lowest BCUT2D eigenvalue weighted by atomic mass is 10.2. The van der Waals surface area contributed by atoms with Crippen LogP contribution in [0.15, 0.2) is 42.5 Å². The second kappa shape index (κ2) is 6.65. The third-order valence-electron chi connectivity index (χ3n) is 2.89. The van der Waals surface area contributed by atoms with E-state index in [0.29, 0.717) is 11.4 Å². The Labute approximate surface area is 123 Å². The van der Waals surface area contributed by atoms with Gasteiger partial charge in [-0.1, -0.05) is 23.8 Å². The van der Waals surface area contributed by atoms with E-state index in [1.165, 1.54) is 6.07 Å². The van der Waals surface area contributed by atoms with Crippen LogP contribution in [0.25, 0.3) is 0 Å². The van der Waals surface area contributed by atoms with E-state index in [0.717, 1.165) is 11.1 Å². The highest BCUT2D eigenvalue weighted by Gasteiger charge is 2.06. The number of hydrogen-bond acceptors (Lipinski definition) is 3. The van der Waals surface area contributed by atoms with Crippen molar-refractivity contribution in [2.45, 2.75) is 13.8 Å². The lowest BCUT2D eigenvalue weighted by Gasteiger charge is -2.11. The predicted molar refractivity (Wildman–Crippen MR) is 81.7 cm³/mol. The minimum Gasteiger partial charge on any atom is -0.506 e. The molecule has 0 aliphatic heterocycles. The molecule has 0 bridgehead atoms. The number of hydrogen-bond donors (Lipinski definition) is 3. The molecule has 0 radical (unpaired) electrons. The molecule has 0 saturated heterocycles. The van der Waals surface area contributed by atoms with E-state index in [2.05, 4.69) is 10.6 Å². The Morgan fingerprint density at radius 2 is 1.76 bits per heavy atom. The number of carbonyl (C=O) groups is 1. The van der Waals surface area contributed by atoms with Gasteiger partial charge in [0.25, 0.3) is 0 Å². The summed E-state index contributed by atoms with van der Waals surface area (Å²) in [5.74, 6) is 0.703. The fourth-order valence-corrected chi connectivity index (χ4v) is 1.74. The number of urea groups is 1. The first-order valence-corrected chi connectivity index (χ1v) is 6.58. The molecule has 0 aromatic heterocycles. The zero-order valence-corrected chi connectivity index (χ0v) is 12.0. The summed E-state index contributed by atoms with van der Waals surface area (Å²) >= 11 is 0. The van der Waals surface area contributed by atoms with Gasteiger partial charge in [0.15, 0.2) is 6.73 Å². The van der Waals surface area contributed by atoms with Crippen LogP contribution in [0.2, 0.25) is 0 Å². The molecule has 0 aliphatic carbocycles. The summed E-state index contributed by atoms with van der Waals surface area (Å²) in [5.41, 5.74) is 2.45. The molecular weight excluding hydrogens is 268 g/mol. The van der Waals surface area contributed by atoms with Crippen LogP contribution in [0.1, 0.15) is 11.1 Å². The van der Waals surface area contributed by atoms with E-state index in [4.69, 9.17) is 4.74 Å². The summed E-state index contributed by atoms with van der Waals surface area (Å²) in [7, 11) is 0. The number of rotatable bonds is 4. The molecule has 2 amide bonds. The number of nitrogens with one attached hydrogen (secondary N) is 2. The lowest BCUT2D eigenvalue weighted by Crippen LogP contribution is -2.32. The van der Waals surface area contributed by atoms with E-state index in [9.17, 15) is 9.90 Å². The van der Waals surface area contributed by atoms with Crippen molar-refractivity contribution < 1.29 is 14.6 Å². The van der Waals surface area contributed by atoms with E-state index in [1.807, 2.05) is 38.1 Å². The summed E-state index contributed by atoms with van der Waals surface area (Å²) in [6.07, 6.45) is 0. The highest BCUT2D eigenvalue weighted by atomic mass is 16.5. The largest absolute Gasteiger partial charge is 0.506 e. The lowest BCUT2D eigenvalue weighted by molar-refractivity contribution is 0.234. The smallest absolute Gasteiger partial charge is 0.321 e. The molecule has 0 spiro atoms. The molecule has 3 N–H and O–H groups in total. The van der Waals surface area contributed by atoms with Crippen molar-refractivity contribution in [2.24, 2.45) is 0 Å². The summed E-state index contributed by atoms with van der Waals surface area (Å²) in [6.45, 7) is 3.91. The van der Waals surface area contributed by atoms with Gasteiger partial charge < -0.3 is 20.5 Å². The molecule has 21 heavy (non-hydrogen) atoms. The first-order chi connectivity index (χ1) is 10.0. The van der Waals surface area contributed by atoms with Gasteiger partial charge in [0.1, 0.15) is 11.5 Å². The van der Waals surface area contributed by atoms with Gasteiger partial charge in [0, 0.05) is 0 Å². The van der Waals surface area contributed by atoms with Crippen LogP contribution in [-0.4, -0.2) is 17.9 Å². The van der Waals surface area contributed by atoms with Crippen molar-refractivity contribution in [3.05, 3.63) is 53.6 Å². The second-order valence-corrected chi connectivity index (χ2v) is 4.75. The summed E-state index contributed by atoms with van der Waals surface area (Å²) in [4.78, 5) is 11.7. The fourth-order valence-electron chi connectivity index (χ4n) is 1.74. The Morgan fingerprint density at radius 3 is 2.48 bits per heavy atom. The fraction of sp³-hybridized carbons (Fsp3) is 0.188. The Bertz CT molecular complexity index is 624. The van der Waals surface area contributed by atoms with Gasteiger partial charge in [0.05, 0.1) is 5.69 Å². The van der Waals surface area contributed by atoms with Crippen molar-refractivity contribution in [1.29, 1.82) is 0 Å². The number of carbonyl (C=O) groups excluding carboxylic acids is 1. The van der Waals surface area contributed by atoms with Crippen LogP contribution in [0, 0.1) is 13.8 Å². The van der Waals surface area contributed by atoms with Crippen molar-refractivity contribution in [1.82, 2.24) is 5.32 Å². The molecule has 2 aromatic rings. The van der Waals surface area contributed by atoms with E-state index < -0.39 is 6.03 Å². The molecule has 0 saturated carbocycles. The molecular formula is C16H18N2O3. The number of aryl methyl sites for hydroxylation is 2. The molecule has 0 fully saturated rings. The van der Waals surface area contributed by atoms with Gasteiger partial charge in [-0.05, 0) is 43.7 Å². The normalized spacial score (nSPS) is 10.0. The predicted octanol–water partition coefficient (Wildman–Crippen LogP) is 3.17. The van der Waals surface area contributed by atoms with Crippen molar-refractivity contribution in [3.63, 3.8) is 0 Å². The van der Waals surface area contributed by atoms with Gasteiger partial charge in [-0.15, -0.1) is 0 Å². The highest BCUT2D eigenvalue weighted by Crippen LogP contribution is 2.23. The summed E-state index contributed by atoms with van der Waals surface area (Å²) < 4.78 is 5.39. The molecule has 2 rings (SSSR count). The van der Waals surface area contributed by atoms with Crippen LogP contribution in [0.5, 0.6) is 11.5 Å². The molecule has 5 heteroatoms. The molecule has 0 heterocycles. The van der Waals surface area contributed by atoms with E-state index in [-0.39, 0.29) is 12.5 Å². The topological polar surface area (TPSA) is 70.6 Å². The van der Waals surface area contributed by atoms with Gasteiger partial charge in [-0.2, -0.15) is 0 Å². The zero-order valence-electron chi connectivity index (χ0n) is 12.0. The quantitative estimate of drug-likeness (QED) is 0.597. The summed E-state index contributed by atoms with van der Waals surface area (Å²) in [6, 6.07) is 12.1. The highest BCUT2D eigenvalue weighted by molar-refractivity contribution is 5.90. The molecule has 2 aromatic carbocycles. The number of anilines is 1. The Morgan fingerprint density at radius 1 is 1.10 bits per heavy atom. The van der Waals surface area contributed by atoms with Crippen molar-refractivity contribution in [3.8, 4) is 11.5 Å². The monoisotopic (exact) mass is 286 g/mol. The van der Waals surface area contributed by atoms with Gasteiger partial charge >= 0.3 is 6.03 Å². The summed E-state index contributed by atoms with van der Waals surface area (Å²) in [5, 5.41) is 14.8. The Kier molecular flexibility index (Phi) is 4.66. The molecule has 0 unspecified atom stereocenters. The maximum atomic E-state index is 11.7. The molecule has 110 valence electrons. The average Bonchev–Trinajstić information content (AvgIpc) is 2.45. The van der Waals surface area contributed by atoms with Crippen LogP contribution in [0.3, 0.4) is 0 Å². The van der Waals surface area contributed by atoms with Crippen LogP contribution in [0.4, 0.5) is 10.5 Å².